The van der Waals surface area contributed by atoms with Crippen LogP contribution in [-0.4, -0.2) is 16.9 Å². The van der Waals surface area contributed by atoms with Crippen LogP contribution in [0.25, 0.3) is 0 Å². The van der Waals surface area contributed by atoms with Gasteiger partial charge in [-0.3, -0.25) is 14.9 Å². The molecule has 6 nitrogen and oxygen atoms in total. The fourth-order valence-corrected chi connectivity index (χ4v) is 2.45. The molecule has 2 unspecified atom stereocenters. The van der Waals surface area contributed by atoms with Gasteiger partial charge in [0.05, 0.1) is 10.8 Å². The largest absolute Gasteiger partial charge is 0.327 e. The summed E-state index contributed by atoms with van der Waals surface area (Å²) in [6, 6.07) is 3.09. The third-order valence-electron chi connectivity index (χ3n) is 3.57. The molecule has 1 aromatic rings. The molecule has 108 valence electrons. The summed E-state index contributed by atoms with van der Waals surface area (Å²) in [6.07, 6.45) is 3.44. The summed E-state index contributed by atoms with van der Waals surface area (Å²) in [5.41, 5.74) is 5.46. The van der Waals surface area contributed by atoms with Gasteiger partial charge in [-0.2, -0.15) is 4.39 Å². The van der Waals surface area contributed by atoms with Crippen LogP contribution in [0.1, 0.15) is 25.7 Å². The number of anilines is 1. The Bertz CT molecular complexity index is 536. The summed E-state index contributed by atoms with van der Waals surface area (Å²) >= 11 is 0. The third kappa shape index (κ3) is 3.11. The molecule has 2 rings (SSSR count). The molecule has 0 aromatic heterocycles. The number of nitrogens with one attached hydrogen (secondary N) is 1. The number of hydrogen-bond acceptors (Lipinski definition) is 4. The zero-order chi connectivity index (χ0) is 14.7. The van der Waals surface area contributed by atoms with Gasteiger partial charge in [0.25, 0.3) is 0 Å². The second kappa shape index (κ2) is 5.96. The SMILES string of the molecule is NC1CCCCC1C(=O)Nc1ccc(F)c([N+](=O)[O-])c1. The second-order valence-corrected chi connectivity index (χ2v) is 4.97. The molecule has 0 saturated heterocycles. The lowest BCUT2D eigenvalue weighted by Crippen LogP contribution is -2.40. The predicted molar refractivity (Wildman–Crippen MR) is 71.6 cm³/mol. The Morgan fingerprint density at radius 1 is 1.40 bits per heavy atom. The van der Waals surface area contributed by atoms with E-state index in [0.717, 1.165) is 31.4 Å². The minimum atomic E-state index is -0.928. The number of nitro groups is 1. The molecule has 1 fully saturated rings. The molecule has 0 radical (unpaired) electrons. The molecule has 20 heavy (non-hydrogen) atoms. The van der Waals surface area contributed by atoms with Gasteiger partial charge < -0.3 is 11.1 Å². The highest BCUT2D eigenvalue weighted by Gasteiger charge is 2.28. The number of nitrogens with zero attached hydrogens (tertiary/aromatic N) is 1. The quantitative estimate of drug-likeness (QED) is 0.655. The highest BCUT2D eigenvalue weighted by atomic mass is 19.1. The number of halogens is 1. The van der Waals surface area contributed by atoms with Gasteiger partial charge in [0.1, 0.15) is 0 Å². The lowest BCUT2D eigenvalue weighted by atomic mass is 9.84. The summed E-state index contributed by atoms with van der Waals surface area (Å²) in [5.74, 6) is -1.49. The van der Waals surface area contributed by atoms with E-state index >= 15 is 0 Å². The van der Waals surface area contributed by atoms with Crippen LogP contribution in [-0.2, 0) is 4.79 Å². The molecule has 1 saturated carbocycles. The van der Waals surface area contributed by atoms with Gasteiger partial charge in [-0.05, 0) is 25.0 Å². The van der Waals surface area contributed by atoms with Crippen molar-refractivity contribution >= 4 is 17.3 Å². The molecule has 0 aliphatic heterocycles. The normalized spacial score (nSPS) is 22.3. The van der Waals surface area contributed by atoms with Crippen LogP contribution in [0.15, 0.2) is 18.2 Å². The van der Waals surface area contributed by atoms with Gasteiger partial charge in [-0.1, -0.05) is 12.8 Å². The Morgan fingerprint density at radius 2 is 2.10 bits per heavy atom. The Kier molecular flexibility index (Phi) is 4.29. The van der Waals surface area contributed by atoms with Gasteiger partial charge in [0, 0.05) is 17.8 Å². The van der Waals surface area contributed by atoms with Crippen molar-refractivity contribution in [1.82, 2.24) is 0 Å². The number of nitrogens with two attached hydrogens (primary N) is 1. The molecular formula is C13H16FN3O3. The lowest BCUT2D eigenvalue weighted by Gasteiger charge is -2.27. The number of benzene rings is 1. The predicted octanol–water partition coefficient (Wildman–Crippen LogP) is 2.19. The first-order valence-electron chi connectivity index (χ1n) is 6.49. The van der Waals surface area contributed by atoms with Gasteiger partial charge in [0.2, 0.25) is 11.7 Å². The fraction of sp³-hybridized carbons (Fsp3) is 0.462. The first kappa shape index (κ1) is 14.4. The Hall–Kier alpha value is -2.02. The van der Waals surface area contributed by atoms with Gasteiger partial charge >= 0.3 is 5.69 Å². The van der Waals surface area contributed by atoms with Crippen LogP contribution in [0.3, 0.4) is 0 Å². The molecular weight excluding hydrogens is 265 g/mol. The first-order valence-corrected chi connectivity index (χ1v) is 6.49. The van der Waals surface area contributed by atoms with Crippen LogP contribution in [0.4, 0.5) is 15.8 Å². The van der Waals surface area contributed by atoms with Crippen LogP contribution in [0, 0.1) is 21.8 Å². The summed E-state index contributed by atoms with van der Waals surface area (Å²) < 4.78 is 13.2. The number of hydrogen-bond donors (Lipinski definition) is 2. The molecule has 2 atom stereocenters. The minimum Gasteiger partial charge on any atom is -0.327 e. The average Bonchev–Trinajstić information content (AvgIpc) is 2.41. The zero-order valence-corrected chi connectivity index (χ0v) is 10.8. The van der Waals surface area contributed by atoms with Gasteiger partial charge in [-0.15, -0.1) is 0 Å². The maximum atomic E-state index is 13.2. The van der Waals surface area contributed by atoms with Crippen molar-refractivity contribution in [3.8, 4) is 0 Å². The van der Waals surface area contributed by atoms with E-state index in [2.05, 4.69) is 5.32 Å². The third-order valence-corrected chi connectivity index (χ3v) is 3.57. The highest BCUT2D eigenvalue weighted by molar-refractivity contribution is 5.93. The molecule has 3 N–H and O–H groups in total. The van der Waals surface area contributed by atoms with Crippen LogP contribution in [0.5, 0.6) is 0 Å². The number of rotatable bonds is 3. The van der Waals surface area contributed by atoms with E-state index in [0.29, 0.717) is 6.42 Å². The molecule has 0 spiro atoms. The van der Waals surface area contributed by atoms with E-state index in [1.54, 1.807) is 0 Å². The van der Waals surface area contributed by atoms with E-state index in [1.165, 1.54) is 6.07 Å². The van der Waals surface area contributed by atoms with Crippen LogP contribution >= 0.6 is 0 Å². The number of amides is 1. The maximum Gasteiger partial charge on any atom is 0.306 e. The van der Waals surface area contributed by atoms with E-state index in [1.807, 2.05) is 0 Å². The van der Waals surface area contributed by atoms with Crippen LogP contribution in [0.2, 0.25) is 0 Å². The minimum absolute atomic E-state index is 0.195. The first-order chi connectivity index (χ1) is 9.49. The van der Waals surface area contributed by atoms with E-state index < -0.39 is 16.4 Å². The van der Waals surface area contributed by atoms with Gasteiger partial charge in [0.15, 0.2) is 0 Å². The van der Waals surface area contributed by atoms with Crippen molar-refractivity contribution in [2.75, 3.05) is 5.32 Å². The van der Waals surface area contributed by atoms with Crippen molar-refractivity contribution in [2.45, 2.75) is 31.7 Å². The lowest BCUT2D eigenvalue weighted by molar-refractivity contribution is -0.387. The molecule has 0 heterocycles. The fourth-order valence-electron chi connectivity index (χ4n) is 2.45. The number of carbonyl (C=O) groups excluding carboxylic acids is 1. The molecule has 1 aromatic carbocycles. The van der Waals surface area contributed by atoms with Crippen molar-refractivity contribution in [3.05, 3.63) is 34.1 Å². The summed E-state index contributed by atoms with van der Waals surface area (Å²) in [7, 11) is 0. The molecule has 1 aliphatic rings. The number of nitro benzene ring substituents is 1. The Morgan fingerprint density at radius 3 is 2.75 bits per heavy atom. The average molecular weight is 281 g/mol. The maximum absolute atomic E-state index is 13.2. The highest BCUT2D eigenvalue weighted by Crippen LogP contribution is 2.26. The van der Waals surface area contributed by atoms with Crippen molar-refractivity contribution in [1.29, 1.82) is 0 Å². The van der Waals surface area contributed by atoms with Crippen molar-refractivity contribution in [2.24, 2.45) is 11.7 Å². The molecule has 1 aliphatic carbocycles. The Balaban J connectivity index is 2.11. The standard InChI is InChI=1S/C13H16FN3O3/c14-10-6-5-8(7-12(10)17(19)20)16-13(18)9-3-1-2-4-11(9)15/h5-7,9,11H,1-4,15H2,(H,16,18). The topological polar surface area (TPSA) is 98.3 Å². The van der Waals surface area contributed by atoms with E-state index in [9.17, 15) is 19.3 Å². The summed E-state index contributed by atoms with van der Waals surface area (Å²) in [6.45, 7) is 0. The van der Waals surface area contributed by atoms with Crippen molar-refractivity contribution in [3.63, 3.8) is 0 Å². The Labute approximate surface area is 115 Å². The molecule has 1 amide bonds. The smallest absolute Gasteiger partial charge is 0.306 e. The summed E-state index contributed by atoms with van der Waals surface area (Å²) in [4.78, 5) is 21.9. The zero-order valence-electron chi connectivity index (χ0n) is 10.8. The second-order valence-electron chi connectivity index (χ2n) is 4.97. The monoisotopic (exact) mass is 281 g/mol. The summed E-state index contributed by atoms with van der Waals surface area (Å²) in [5, 5.41) is 13.2. The van der Waals surface area contributed by atoms with E-state index in [4.69, 9.17) is 5.73 Å². The van der Waals surface area contributed by atoms with Gasteiger partial charge in [-0.25, -0.2) is 0 Å². The van der Waals surface area contributed by atoms with Crippen LogP contribution < -0.4 is 11.1 Å². The molecule has 0 bridgehead atoms. The number of carbonyl (C=O) groups is 1. The van der Waals surface area contributed by atoms with Crippen molar-refractivity contribution < 1.29 is 14.1 Å². The van der Waals surface area contributed by atoms with E-state index in [-0.39, 0.29) is 23.6 Å². The molecule has 7 heteroatoms.